The van der Waals surface area contributed by atoms with Gasteiger partial charge in [0.05, 0.1) is 0 Å². The van der Waals surface area contributed by atoms with Gasteiger partial charge >= 0.3 is 0 Å². The van der Waals surface area contributed by atoms with Gasteiger partial charge in [-0.15, -0.1) is 0 Å². The summed E-state index contributed by atoms with van der Waals surface area (Å²) >= 11 is 0. The van der Waals surface area contributed by atoms with Gasteiger partial charge in [-0.2, -0.15) is 5.10 Å². The summed E-state index contributed by atoms with van der Waals surface area (Å²) in [6, 6.07) is 1.67. The number of rotatable bonds is 5. The summed E-state index contributed by atoms with van der Waals surface area (Å²) < 4.78 is 0. The average Bonchev–Trinajstić information content (AvgIpc) is 2.72. The maximum Gasteiger partial charge on any atom is 0.269 e. The van der Waals surface area contributed by atoms with E-state index in [1.165, 1.54) is 0 Å². The molecule has 0 radical (unpaired) electrons. The van der Waals surface area contributed by atoms with Gasteiger partial charge in [-0.1, -0.05) is 26.7 Å². The summed E-state index contributed by atoms with van der Waals surface area (Å²) in [4.78, 5) is 11.5. The van der Waals surface area contributed by atoms with Gasteiger partial charge in [-0.3, -0.25) is 9.89 Å². The molecule has 0 saturated heterocycles. The minimum atomic E-state index is -0.0746. The second-order valence-corrected chi connectivity index (χ2v) is 3.36. The van der Waals surface area contributed by atoms with E-state index in [0.717, 1.165) is 19.4 Å². The second kappa shape index (κ2) is 5.42. The van der Waals surface area contributed by atoms with Crippen LogP contribution in [-0.4, -0.2) is 22.6 Å². The molecule has 0 bridgehead atoms. The smallest absolute Gasteiger partial charge is 0.269 e. The van der Waals surface area contributed by atoms with Crippen LogP contribution in [0.25, 0.3) is 0 Å². The van der Waals surface area contributed by atoms with Crippen LogP contribution in [0.5, 0.6) is 0 Å². The molecule has 0 fully saturated rings. The number of hydrogen-bond donors (Lipinski definition) is 2. The summed E-state index contributed by atoms with van der Waals surface area (Å²) in [6.45, 7) is 5.01. The Labute approximate surface area is 84.1 Å². The van der Waals surface area contributed by atoms with Crippen molar-refractivity contribution in [2.24, 2.45) is 5.92 Å². The normalized spacial score (nSPS) is 10.5. The number of H-pyrrole nitrogens is 1. The molecule has 78 valence electrons. The Hall–Kier alpha value is -1.32. The molecule has 1 heterocycles. The molecule has 1 aromatic heterocycles. The first kappa shape index (κ1) is 10.8. The lowest BCUT2D eigenvalue weighted by molar-refractivity contribution is 0.0941. The van der Waals surface area contributed by atoms with E-state index < -0.39 is 0 Å². The van der Waals surface area contributed by atoms with Crippen molar-refractivity contribution in [1.82, 2.24) is 15.5 Å². The van der Waals surface area contributed by atoms with Crippen LogP contribution in [0.2, 0.25) is 0 Å². The number of nitrogens with zero attached hydrogens (tertiary/aromatic N) is 1. The molecular formula is C10H17N3O. The maximum absolute atomic E-state index is 11.5. The van der Waals surface area contributed by atoms with E-state index in [2.05, 4.69) is 29.4 Å². The molecule has 1 aromatic rings. The van der Waals surface area contributed by atoms with Crippen molar-refractivity contribution in [3.05, 3.63) is 18.0 Å². The quantitative estimate of drug-likeness (QED) is 0.749. The zero-order valence-electron chi connectivity index (χ0n) is 8.71. The molecule has 1 rings (SSSR count). The molecule has 0 aliphatic carbocycles. The van der Waals surface area contributed by atoms with Crippen LogP contribution < -0.4 is 5.32 Å². The summed E-state index contributed by atoms with van der Waals surface area (Å²) in [6.07, 6.45) is 3.77. The van der Waals surface area contributed by atoms with Gasteiger partial charge in [0.15, 0.2) is 0 Å². The van der Waals surface area contributed by atoms with E-state index >= 15 is 0 Å². The highest BCUT2D eigenvalue weighted by Gasteiger charge is 2.08. The summed E-state index contributed by atoms with van der Waals surface area (Å²) in [5.74, 6) is 0.497. The van der Waals surface area contributed by atoms with E-state index in [1.54, 1.807) is 12.3 Å². The molecule has 2 N–H and O–H groups in total. The van der Waals surface area contributed by atoms with Crippen LogP contribution in [0.1, 0.15) is 37.2 Å². The number of carbonyl (C=O) groups excluding carboxylic acids is 1. The van der Waals surface area contributed by atoms with Gasteiger partial charge in [-0.05, 0) is 12.0 Å². The van der Waals surface area contributed by atoms with Crippen LogP contribution >= 0.6 is 0 Å². The first-order valence-corrected chi connectivity index (χ1v) is 5.05. The zero-order chi connectivity index (χ0) is 10.4. The fourth-order valence-electron chi connectivity index (χ4n) is 1.29. The Morgan fingerprint density at radius 2 is 2.29 bits per heavy atom. The highest BCUT2D eigenvalue weighted by Crippen LogP contribution is 2.05. The van der Waals surface area contributed by atoms with Gasteiger partial charge in [0.25, 0.3) is 5.91 Å². The number of hydrogen-bond acceptors (Lipinski definition) is 2. The lowest BCUT2D eigenvalue weighted by atomic mass is 10.0. The molecule has 4 nitrogen and oxygen atoms in total. The summed E-state index contributed by atoms with van der Waals surface area (Å²) in [5.41, 5.74) is 0.524. The third-order valence-electron chi connectivity index (χ3n) is 2.45. The van der Waals surface area contributed by atoms with Crippen LogP contribution in [0.4, 0.5) is 0 Å². The topological polar surface area (TPSA) is 57.8 Å². The zero-order valence-corrected chi connectivity index (χ0v) is 8.71. The molecule has 1 amide bonds. The highest BCUT2D eigenvalue weighted by atomic mass is 16.1. The van der Waals surface area contributed by atoms with E-state index in [-0.39, 0.29) is 5.91 Å². The predicted molar refractivity (Wildman–Crippen MR) is 55.0 cm³/mol. The predicted octanol–water partition coefficient (Wildman–Crippen LogP) is 1.58. The van der Waals surface area contributed by atoms with Crippen molar-refractivity contribution in [2.75, 3.05) is 6.54 Å². The van der Waals surface area contributed by atoms with Crippen molar-refractivity contribution in [2.45, 2.75) is 26.7 Å². The number of amides is 1. The Balaban J connectivity index is 2.35. The minimum absolute atomic E-state index is 0.0746. The second-order valence-electron chi connectivity index (χ2n) is 3.36. The fraction of sp³-hybridized carbons (Fsp3) is 0.600. The number of carbonyl (C=O) groups is 1. The Bertz CT molecular complexity index is 265. The molecule has 0 unspecified atom stereocenters. The Morgan fingerprint density at radius 3 is 2.79 bits per heavy atom. The van der Waals surface area contributed by atoms with Crippen molar-refractivity contribution < 1.29 is 4.79 Å². The lowest BCUT2D eigenvalue weighted by Crippen LogP contribution is -2.29. The van der Waals surface area contributed by atoms with Gasteiger partial charge < -0.3 is 5.32 Å². The third-order valence-corrected chi connectivity index (χ3v) is 2.45. The molecule has 0 aliphatic heterocycles. The molecule has 14 heavy (non-hydrogen) atoms. The third kappa shape index (κ3) is 2.87. The van der Waals surface area contributed by atoms with Crippen LogP contribution in [-0.2, 0) is 0 Å². The van der Waals surface area contributed by atoms with E-state index in [0.29, 0.717) is 11.6 Å². The average molecular weight is 195 g/mol. The number of aromatic amines is 1. The highest BCUT2D eigenvalue weighted by molar-refractivity contribution is 5.92. The van der Waals surface area contributed by atoms with E-state index in [9.17, 15) is 4.79 Å². The first-order valence-electron chi connectivity index (χ1n) is 5.05. The monoisotopic (exact) mass is 195 g/mol. The number of aromatic nitrogens is 2. The molecule has 0 atom stereocenters. The van der Waals surface area contributed by atoms with Crippen LogP contribution in [0.3, 0.4) is 0 Å². The van der Waals surface area contributed by atoms with E-state index in [1.807, 2.05) is 0 Å². The first-order chi connectivity index (χ1) is 6.77. The standard InChI is InChI=1S/C10H17N3O/c1-3-8(4-2)7-11-10(14)9-5-6-12-13-9/h5-6,8H,3-4,7H2,1-2H3,(H,11,14)(H,12,13). The van der Waals surface area contributed by atoms with Crippen molar-refractivity contribution in [3.8, 4) is 0 Å². The largest absolute Gasteiger partial charge is 0.350 e. The van der Waals surface area contributed by atoms with E-state index in [4.69, 9.17) is 0 Å². The molecule has 0 spiro atoms. The molecular weight excluding hydrogens is 178 g/mol. The molecule has 0 aliphatic rings. The van der Waals surface area contributed by atoms with Gasteiger partial charge in [-0.25, -0.2) is 0 Å². The van der Waals surface area contributed by atoms with Gasteiger partial charge in [0.2, 0.25) is 0 Å². The maximum atomic E-state index is 11.5. The summed E-state index contributed by atoms with van der Waals surface area (Å²) in [7, 11) is 0. The Morgan fingerprint density at radius 1 is 1.57 bits per heavy atom. The molecule has 0 aromatic carbocycles. The van der Waals surface area contributed by atoms with Crippen molar-refractivity contribution in [3.63, 3.8) is 0 Å². The fourth-order valence-corrected chi connectivity index (χ4v) is 1.29. The van der Waals surface area contributed by atoms with Crippen LogP contribution in [0.15, 0.2) is 12.3 Å². The Kier molecular flexibility index (Phi) is 4.16. The van der Waals surface area contributed by atoms with Crippen molar-refractivity contribution >= 4 is 5.91 Å². The number of nitrogens with one attached hydrogen (secondary N) is 2. The molecule has 0 saturated carbocycles. The minimum Gasteiger partial charge on any atom is -0.350 e. The molecule has 4 heteroatoms. The van der Waals surface area contributed by atoms with Crippen LogP contribution in [0, 0.1) is 5.92 Å². The van der Waals surface area contributed by atoms with Crippen molar-refractivity contribution in [1.29, 1.82) is 0 Å². The lowest BCUT2D eigenvalue weighted by Gasteiger charge is -2.12. The van der Waals surface area contributed by atoms with Gasteiger partial charge in [0, 0.05) is 12.7 Å². The SMILES string of the molecule is CCC(CC)CNC(=O)c1ccn[nH]1. The van der Waals surface area contributed by atoms with Gasteiger partial charge in [0.1, 0.15) is 5.69 Å². The summed E-state index contributed by atoms with van der Waals surface area (Å²) in [5, 5.41) is 9.24.